The molecule has 5 heteroatoms. The zero-order valence-electron chi connectivity index (χ0n) is 12.1. The molecular weight excluding hydrogens is 280 g/mol. The summed E-state index contributed by atoms with van der Waals surface area (Å²) in [5.74, 6) is -0.613. The fourth-order valence-corrected chi connectivity index (χ4v) is 2.54. The van der Waals surface area contributed by atoms with Crippen molar-refractivity contribution in [3.63, 3.8) is 0 Å². The van der Waals surface area contributed by atoms with Gasteiger partial charge in [0, 0.05) is 24.6 Å². The van der Waals surface area contributed by atoms with E-state index in [1.165, 1.54) is 0 Å². The molecule has 0 fully saturated rings. The second-order valence-electron chi connectivity index (χ2n) is 5.12. The van der Waals surface area contributed by atoms with Crippen LogP contribution in [0.15, 0.2) is 48.8 Å². The maximum atomic E-state index is 12.2. The predicted molar refractivity (Wildman–Crippen MR) is 81.4 cm³/mol. The van der Waals surface area contributed by atoms with Crippen molar-refractivity contribution < 1.29 is 14.3 Å². The zero-order chi connectivity index (χ0) is 15.4. The highest BCUT2D eigenvalue weighted by atomic mass is 16.5. The van der Waals surface area contributed by atoms with E-state index < -0.39 is 5.97 Å². The summed E-state index contributed by atoms with van der Waals surface area (Å²) in [5.41, 5.74) is 2.83. The van der Waals surface area contributed by atoms with Crippen molar-refractivity contribution in [2.24, 2.45) is 0 Å². The first-order chi connectivity index (χ1) is 10.7. The Morgan fingerprint density at radius 2 is 2.05 bits per heavy atom. The average Bonchev–Trinajstić information content (AvgIpc) is 2.98. The van der Waals surface area contributed by atoms with Crippen LogP contribution in [0.1, 0.15) is 11.1 Å². The highest BCUT2D eigenvalue weighted by Crippen LogP contribution is 2.27. The lowest BCUT2D eigenvalue weighted by Gasteiger charge is -2.17. The normalized spacial score (nSPS) is 12.8. The zero-order valence-corrected chi connectivity index (χ0v) is 12.1. The van der Waals surface area contributed by atoms with Crippen LogP contribution in [0.2, 0.25) is 0 Å². The highest BCUT2D eigenvalue weighted by molar-refractivity contribution is 5.97. The molecule has 3 rings (SSSR count). The van der Waals surface area contributed by atoms with Crippen LogP contribution in [0, 0.1) is 0 Å². The molecule has 1 aromatic heterocycles. The number of esters is 1. The lowest BCUT2D eigenvalue weighted by Crippen LogP contribution is -2.33. The summed E-state index contributed by atoms with van der Waals surface area (Å²) in [5, 5.41) is 0. The topological polar surface area (TPSA) is 59.5 Å². The van der Waals surface area contributed by atoms with E-state index in [0.717, 1.165) is 23.2 Å². The fraction of sp³-hybridized carbons (Fsp3) is 0.235. The molecule has 0 saturated heterocycles. The number of carbonyl (C=O) groups excluding carboxylic acids is 2. The monoisotopic (exact) mass is 296 g/mol. The minimum atomic E-state index is -0.422. The summed E-state index contributed by atoms with van der Waals surface area (Å²) in [6.07, 6.45) is 4.21. The van der Waals surface area contributed by atoms with Gasteiger partial charge in [0.05, 0.1) is 6.42 Å². The molecule has 112 valence electrons. The van der Waals surface area contributed by atoms with Gasteiger partial charge in [-0.3, -0.25) is 14.6 Å². The van der Waals surface area contributed by atoms with Gasteiger partial charge in [0.15, 0.2) is 6.61 Å². The van der Waals surface area contributed by atoms with Crippen LogP contribution >= 0.6 is 0 Å². The molecule has 1 aliphatic heterocycles. The number of pyridine rings is 1. The number of nitrogens with zero attached hydrogens (tertiary/aromatic N) is 2. The Kier molecular flexibility index (Phi) is 4.14. The maximum Gasteiger partial charge on any atom is 0.310 e. The Labute approximate surface area is 128 Å². The molecule has 1 amide bonds. The van der Waals surface area contributed by atoms with Crippen molar-refractivity contribution in [3.05, 3.63) is 59.9 Å². The maximum absolute atomic E-state index is 12.2. The number of rotatable bonds is 4. The van der Waals surface area contributed by atoms with Crippen molar-refractivity contribution in [1.29, 1.82) is 0 Å². The van der Waals surface area contributed by atoms with Gasteiger partial charge in [0.1, 0.15) is 0 Å². The van der Waals surface area contributed by atoms with Crippen molar-refractivity contribution in [2.75, 3.05) is 18.1 Å². The molecule has 2 aromatic rings. The smallest absolute Gasteiger partial charge is 0.310 e. The number of fused-ring (bicyclic) bond motifs is 1. The van der Waals surface area contributed by atoms with Gasteiger partial charge in [0.25, 0.3) is 5.91 Å². The van der Waals surface area contributed by atoms with Gasteiger partial charge in [-0.1, -0.05) is 24.3 Å². The largest absolute Gasteiger partial charge is 0.455 e. The van der Waals surface area contributed by atoms with Gasteiger partial charge in [-0.15, -0.1) is 0 Å². The van der Waals surface area contributed by atoms with Crippen molar-refractivity contribution >= 4 is 17.6 Å². The first kappa shape index (κ1) is 14.3. The Hall–Kier alpha value is -2.69. The Morgan fingerprint density at radius 3 is 2.86 bits per heavy atom. The fourth-order valence-electron chi connectivity index (χ4n) is 2.54. The van der Waals surface area contributed by atoms with Crippen molar-refractivity contribution in [2.45, 2.75) is 12.8 Å². The van der Waals surface area contributed by atoms with E-state index in [2.05, 4.69) is 4.98 Å². The molecular formula is C17H16N2O3. The van der Waals surface area contributed by atoms with Crippen LogP contribution in [0.4, 0.5) is 5.69 Å². The minimum absolute atomic E-state index is 0.123. The number of aromatic nitrogens is 1. The molecule has 0 spiro atoms. The molecule has 0 aliphatic carbocycles. The molecule has 1 aromatic carbocycles. The summed E-state index contributed by atoms with van der Waals surface area (Å²) in [6, 6.07) is 11.3. The summed E-state index contributed by atoms with van der Waals surface area (Å²) in [7, 11) is 0. The van der Waals surface area contributed by atoms with Gasteiger partial charge >= 0.3 is 5.97 Å². The van der Waals surface area contributed by atoms with Gasteiger partial charge in [0.2, 0.25) is 0 Å². The van der Waals surface area contributed by atoms with Crippen LogP contribution < -0.4 is 4.90 Å². The van der Waals surface area contributed by atoms with E-state index in [0.29, 0.717) is 6.54 Å². The number of hydrogen-bond acceptors (Lipinski definition) is 4. The van der Waals surface area contributed by atoms with Crippen LogP contribution in [0.25, 0.3) is 0 Å². The number of benzene rings is 1. The summed E-state index contributed by atoms with van der Waals surface area (Å²) in [4.78, 5) is 29.6. The quantitative estimate of drug-likeness (QED) is 0.807. The molecule has 22 heavy (non-hydrogen) atoms. The first-order valence-corrected chi connectivity index (χ1v) is 7.17. The Bertz CT molecular complexity index is 685. The molecule has 1 aliphatic rings. The average molecular weight is 296 g/mol. The van der Waals surface area contributed by atoms with E-state index >= 15 is 0 Å². The van der Waals surface area contributed by atoms with E-state index in [-0.39, 0.29) is 18.9 Å². The molecule has 0 bridgehead atoms. The molecule has 0 saturated carbocycles. The lowest BCUT2D eigenvalue weighted by molar-refractivity contribution is -0.147. The second-order valence-corrected chi connectivity index (χ2v) is 5.12. The van der Waals surface area contributed by atoms with Crippen molar-refractivity contribution in [3.8, 4) is 0 Å². The minimum Gasteiger partial charge on any atom is -0.455 e. The third-order valence-corrected chi connectivity index (χ3v) is 3.62. The van der Waals surface area contributed by atoms with E-state index in [9.17, 15) is 9.59 Å². The van der Waals surface area contributed by atoms with E-state index in [4.69, 9.17) is 4.74 Å². The summed E-state index contributed by atoms with van der Waals surface area (Å²) in [6.45, 7) is 0.408. The third kappa shape index (κ3) is 3.14. The molecule has 0 atom stereocenters. The van der Waals surface area contributed by atoms with Crippen LogP contribution in [-0.2, 0) is 27.2 Å². The number of anilines is 1. The lowest BCUT2D eigenvalue weighted by atomic mass is 10.2. The standard InChI is InChI=1S/C17H16N2O3/c20-16(19-9-7-14-5-1-2-6-15(14)19)12-22-17(21)10-13-4-3-8-18-11-13/h1-6,8,11H,7,9-10,12H2. The Morgan fingerprint density at radius 1 is 1.18 bits per heavy atom. The van der Waals surface area contributed by atoms with Gasteiger partial charge in [-0.25, -0.2) is 0 Å². The molecule has 2 heterocycles. The van der Waals surface area contributed by atoms with Crippen molar-refractivity contribution in [1.82, 2.24) is 4.98 Å². The van der Waals surface area contributed by atoms with Gasteiger partial charge in [-0.2, -0.15) is 0 Å². The Balaban J connectivity index is 1.54. The second kappa shape index (κ2) is 6.39. The summed E-state index contributed by atoms with van der Waals surface area (Å²) < 4.78 is 5.08. The SMILES string of the molecule is O=C(Cc1cccnc1)OCC(=O)N1CCc2ccccc21. The van der Waals surface area contributed by atoms with E-state index in [1.54, 1.807) is 29.4 Å². The number of ether oxygens (including phenoxy) is 1. The van der Waals surface area contributed by atoms with Crippen LogP contribution in [0.5, 0.6) is 0 Å². The summed E-state index contributed by atoms with van der Waals surface area (Å²) >= 11 is 0. The highest BCUT2D eigenvalue weighted by Gasteiger charge is 2.24. The molecule has 5 nitrogen and oxygen atoms in total. The van der Waals surface area contributed by atoms with Crippen LogP contribution in [-0.4, -0.2) is 30.0 Å². The number of hydrogen-bond donors (Lipinski definition) is 0. The third-order valence-electron chi connectivity index (χ3n) is 3.62. The molecule has 0 N–H and O–H groups in total. The first-order valence-electron chi connectivity index (χ1n) is 7.17. The van der Waals surface area contributed by atoms with Crippen LogP contribution in [0.3, 0.4) is 0 Å². The number of amides is 1. The molecule has 0 unspecified atom stereocenters. The van der Waals surface area contributed by atoms with E-state index in [1.807, 2.05) is 24.3 Å². The van der Waals surface area contributed by atoms with Gasteiger partial charge in [-0.05, 0) is 29.7 Å². The number of carbonyl (C=O) groups is 2. The predicted octanol–water partition coefficient (Wildman–Crippen LogP) is 1.76. The number of para-hydroxylation sites is 1. The van der Waals surface area contributed by atoms with Gasteiger partial charge < -0.3 is 9.64 Å². The molecule has 0 radical (unpaired) electrons.